The SMILES string of the molecule is CCOc1ccccc1-c1ccc(CC(=O)O)c(C)n1. The highest BCUT2D eigenvalue weighted by atomic mass is 16.5. The van der Waals surface area contributed by atoms with E-state index in [4.69, 9.17) is 9.84 Å². The van der Waals surface area contributed by atoms with Gasteiger partial charge in [0.15, 0.2) is 0 Å². The van der Waals surface area contributed by atoms with Crippen molar-refractivity contribution < 1.29 is 14.6 Å². The molecule has 4 nitrogen and oxygen atoms in total. The summed E-state index contributed by atoms with van der Waals surface area (Å²) in [5.41, 5.74) is 3.17. The first-order valence-electron chi connectivity index (χ1n) is 6.52. The van der Waals surface area contributed by atoms with Gasteiger partial charge < -0.3 is 9.84 Å². The van der Waals surface area contributed by atoms with E-state index in [-0.39, 0.29) is 6.42 Å². The standard InChI is InChI=1S/C16H17NO3/c1-3-20-15-7-5-4-6-13(15)14-9-8-12(10-16(18)19)11(2)17-14/h4-9H,3,10H2,1-2H3,(H,18,19). The second-order valence-corrected chi connectivity index (χ2v) is 4.44. The van der Waals surface area contributed by atoms with Crippen LogP contribution >= 0.6 is 0 Å². The van der Waals surface area contributed by atoms with Crippen LogP contribution in [0.2, 0.25) is 0 Å². The average Bonchev–Trinajstić information content (AvgIpc) is 2.42. The second-order valence-electron chi connectivity index (χ2n) is 4.44. The number of aryl methyl sites for hydroxylation is 1. The van der Waals surface area contributed by atoms with E-state index in [0.29, 0.717) is 6.61 Å². The maximum atomic E-state index is 10.8. The van der Waals surface area contributed by atoms with E-state index in [1.54, 1.807) is 0 Å². The number of aromatic nitrogens is 1. The topological polar surface area (TPSA) is 59.4 Å². The first-order chi connectivity index (χ1) is 9.61. The third kappa shape index (κ3) is 3.15. The number of ether oxygens (including phenoxy) is 1. The van der Waals surface area contributed by atoms with E-state index >= 15 is 0 Å². The van der Waals surface area contributed by atoms with E-state index in [1.807, 2.05) is 50.2 Å². The molecule has 0 spiro atoms. The van der Waals surface area contributed by atoms with Crippen LogP contribution in [-0.4, -0.2) is 22.7 Å². The van der Waals surface area contributed by atoms with Gasteiger partial charge >= 0.3 is 5.97 Å². The lowest BCUT2D eigenvalue weighted by Gasteiger charge is -2.11. The molecule has 0 bridgehead atoms. The van der Waals surface area contributed by atoms with E-state index < -0.39 is 5.97 Å². The molecule has 0 radical (unpaired) electrons. The number of pyridine rings is 1. The Morgan fingerprint density at radius 3 is 2.65 bits per heavy atom. The summed E-state index contributed by atoms with van der Waals surface area (Å²) in [6.07, 6.45) is -0.00772. The summed E-state index contributed by atoms with van der Waals surface area (Å²) in [4.78, 5) is 15.3. The minimum Gasteiger partial charge on any atom is -0.493 e. The molecule has 2 aromatic rings. The van der Waals surface area contributed by atoms with Crippen molar-refractivity contribution in [2.24, 2.45) is 0 Å². The van der Waals surface area contributed by atoms with Crippen molar-refractivity contribution in [2.75, 3.05) is 6.61 Å². The zero-order chi connectivity index (χ0) is 14.5. The van der Waals surface area contributed by atoms with Crippen LogP contribution < -0.4 is 4.74 Å². The normalized spacial score (nSPS) is 10.3. The number of carbonyl (C=O) groups is 1. The Hall–Kier alpha value is -2.36. The van der Waals surface area contributed by atoms with Gasteiger partial charge in [0.25, 0.3) is 0 Å². The number of carboxylic acid groups (broad SMARTS) is 1. The molecule has 4 heteroatoms. The van der Waals surface area contributed by atoms with Crippen LogP contribution in [0, 0.1) is 6.92 Å². The van der Waals surface area contributed by atoms with Crippen LogP contribution in [0.3, 0.4) is 0 Å². The zero-order valence-corrected chi connectivity index (χ0v) is 11.6. The van der Waals surface area contributed by atoms with E-state index in [0.717, 1.165) is 28.3 Å². The van der Waals surface area contributed by atoms with Crippen LogP contribution in [0.1, 0.15) is 18.2 Å². The van der Waals surface area contributed by atoms with Gasteiger partial charge in [0.2, 0.25) is 0 Å². The molecule has 0 saturated carbocycles. The lowest BCUT2D eigenvalue weighted by molar-refractivity contribution is -0.136. The molecule has 0 fully saturated rings. The van der Waals surface area contributed by atoms with Crippen molar-refractivity contribution in [3.8, 4) is 17.0 Å². The Kier molecular flexibility index (Phi) is 4.35. The van der Waals surface area contributed by atoms with Crippen molar-refractivity contribution in [3.63, 3.8) is 0 Å². The third-order valence-corrected chi connectivity index (χ3v) is 3.00. The van der Waals surface area contributed by atoms with Gasteiger partial charge in [-0.05, 0) is 37.6 Å². The summed E-state index contributed by atoms with van der Waals surface area (Å²) >= 11 is 0. The fraction of sp³-hybridized carbons (Fsp3) is 0.250. The molecule has 20 heavy (non-hydrogen) atoms. The van der Waals surface area contributed by atoms with Gasteiger partial charge in [0, 0.05) is 11.3 Å². The number of para-hydroxylation sites is 1. The first-order valence-corrected chi connectivity index (χ1v) is 6.52. The van der Waals surface area contributed by atoms with Gasteiger partial charge in [-0.15, -0.1) is 0 Å². The predicted molar refractivity (Wildman–Crippen MR) is 76.9 cm³/mol. The molecule has 0 aliphatic carbocycles. The summed E-state index contributed by atoms with van der Waals surface area (Å²) in [5, 5.41) is 8.84. The summed E-state index contributed by atoms with van der Waals surface area (Å²) < 4.78 is 5.59. The quantitative estimate of drug-likeness (QED) is 0.907. The number of hydrogen-bond acceptors (Lipinski definition) is 3. The maximum absolute atomic E-state index is 10.8. The van der Waals surface area contributed by atoms with Crippen molar-refractivity contribution in [1.29, 1.82) is 0 Å². The van der Waals surface area contributed by atoms with Crippen LogP contribution in [0.15, 0.2) is 36.4 Å². The summed E-state index contributed by atoms with van der Waals surface area (Å²) in [5.74, 6) is -0.0646. The largest absolute Gasteiger partial charge is 0.493 e. The van der Waals surface area contributed by atoms with E-state index in [9.17, 15) is 4.79 Å². The van der Waals surface area contributed by atoms with Gasteiger partial charge in [-0.2, -0.15) is 0 Å². The summed E-state index contributed by atoms with van der Waals surface area (Å²) in [7, 11) is 0. The second kappa shape index (κ2) is 6.19. The predicted octanol–water partition coefficient (Wildman–Crippen LogP) is 3.08. The Balaban J connectivity index is 2.39. The highest BCUT2D eigenvalue weighted by molar-refractivity contribution is 5.72. The van der Waals surface area contributed by atoms with Gasteiger partial charge in [-0.1, -0.05) is 18.2 Å². The minimum atomic E-state index is -0.850. The Morgan fingerprint density at radius 2 is 2.00 bits per heavy atom. The lowest BCUT2D eigenvalue weighted by atomic mass is 10.1. The molecule has 1 heterocycles. The molecule has 1 aromatic heterocycles. The molecular weight excluding hydrogens is 254 g/mol. The number of nitrogens with zero attached hydrogens (tertiary/aromatic N) is 1. The average molecular weight is 271 g/mol. The molecule has 2 rings (SSSR count). The summed E-state index contributed by atoms with van der Waals surface area (Å²) in [6.45, 7) is 4.35. The van der Waals surface area contributed by atoms with Gasteiger partial charge in [0.05, 0.1) is 18.7 Å². The molecule has 104 valence electrons. The number of rotatable bonds is 5. The number of carboxylic acids is 1. The molecule has 1 N–H and O–H groups in total. The highest BCUT2D eigenvalue weighted by Gasteiger charge is 2.10. The number of aliphatic carboxylic acids is 1. The van der Waals surface area contributed by atoms with Crippen molar-refractivity contribution in [1.82, 2.24) is 4.98 Å². The minimum absolute atomic E-state index is 0.00772. The Labute approximate surface area is 118 Å². The van der Waals surface area contributed by atoms with Crippen LogP contribution in [0.4, 0.5) is 0 Å². The van der Waals surface area contributed by atoms with Crippen LogP contribution in [-0.2, 0) is 11.2 Å². The zero-order valence-electron chi connectivity index (χ0n) is 11.6. The first kappa shape index (κ1) is 14.1. The molecule has 0 atom stereocenters. The number of hydrogen-bond donors (Lipinski definition) is 1. The third-order valence-electron chi connectivity index (χ3n) is 3.00. The Bertz CT molecular complexity index is 623. The Morgan fingerprint density at radius 1 is 1.25 bits per heavy atom. The summed E-state index contributed by atoms with van der Waals surface area (Å²) in [6, 6.07) is 11.3. The molecule has 0 aliphatic heterocycles. The van der Waals surface area contributed by atoms with Crippen molar-refractivity contribution in [3.05, 3.63) is 47.7 Å². The molecule has 0 aliphatic rings. The number of benzene rings is 1. The van der Waals surface area contributed by atoms with E-state index in [2.05, 4.69) is 4.98 Å². The lowest BCUT2D eigenvalue weighted by Crippen LogP contribution is -2.04. The van der Waals surface area contributed by atoms with Gasteiger partial charge in [-0.3, -0.25) is 9.78 Å². The smallest absolute Gasteiger partial charge is 0.307 e. The maximum Gasteiger partial charge on any atom is 0.307 e. The fourth-order valence-electron chi connectivity index (χ4n) is 2.05. The molecule has 1 aromatic carbocycles. The van der Waals surface area contributed by atoms with Crippen LogP contribution in [0.25, 0.3) is 11.3 Å². The van der Waals surface area contributed by atoms with E-state index in [1.165, 1.54) is 0 Å². The van der Waals surface area contributed by atoms with Gasteiger partial charge in [0.1, 0.15) is 5.75 Å². The molecule has 0 saturated heterocycles. The monoisotopic (exact) mass is 271 g/mol. The van der Waals surface area contributed by atoms with Crippen molar-refractivity contribution >= 4 is 5.97 Å². The molecule has 0 amide bonds. The van der Waals surface area contributed by atoms with Crippen LogP contribution in [0.5, 0.6) is 5.75 Å². The highest BCUT2D eigenvalue weighted by Crippen LogP contribution is 2.29. The molecular formula is C16H17NO3. The van der Waals surface area contributed by atoms with Gasteiger partial charge in [-0.25, -0.2) is 0 Å². The van der Waals surface area contributed by atoms with Crippen molar-refractivity contribution in [2.45, 2.75) is 20.3 Å². The fourth-order valence-corrected chi connectivity index (χ4v) is 2.05. The molecule has 0 unspecified atom stereocenters.